The highest BCUT2D eigenvalue weighted by atomic mass is 35.5. The summed E-state index contributed by atoms with van der Waals surface area (Å²) in [5, 5.41) is 16.9. The van der Waals surface area contributed by atoms with Crippen LogP contribution in [0.25, 0.3) is 21.7 Å². The van der Waals surface area contributed by atoms with Gasteiger partial charge in [-0.15, -0.1) is 0 Å². The molecule has 34 heavy (non-hydrogen) atoms. The highest BCUT2D eigenvalue weighted by molar-refractivity contribution is 7.99. The van der Waals surface area contributed by atoms with Crippen LogP contribution in [0.15, 0.2) is 75.9 Å². The number of hydrogen-bond acceptors (Lipinski definition) is 6. The zero-order chi connectivity index (χ0) is 23.8. The number of benzene rings is 3. The van der Waals surface area contributed by atoms with E-state index < -0.39 is 0 Å². The van der Waals surface area contributed by atoms with Gasteiger partial charge >= 0.3 is 0 Å². The number of imidazole rings is 1. The molecule has 0 atom stereocenters. The molecule has 0 amide bonds. The van der Waals surface area contributed by atoms with Crippen molar-refractivity contribution in [3.8, 4) is 11.8 Å². The Morgan fingerprint density at radius 2 is 2.03 bits per heavy atom. The summed E-state index contributed by atoms with van der Waals surface area (Å²) < 4.78 is 7.12. The Morgan fingerprint density at radius 1 is 1.21 bits per heavy atom. The van der Waals surface area contributed by atoms with Crippen LogP contribution in [0.1, 0.15) is 5.56 Å². The summed E-state index contributed by atoms with van der Waals surface area (Å²) in [7, 11) is 3.40. The molecule has 2 heterocycles. The van der Waals surface area contributed by atoms with Gasteiger partial charge in [-0.2, -0.15) is 5.26 Å². The minimum absolute atomic E-state index is 0.181. The van der Waals surface area contributed by atoms with Gasteiger partial charge in [-0.3, -0.25) is 4.79 Å². The van der Waals surface area contributed by atoms with Crippen LogP contribution in [-0.2, 0) is 7.05 Å². The van der Waals surface area contributed by atoms with E-state index in [9.17, 15) is 10.1 Å². The van der Waals surface area contributed by atoms with Crippen LogP contribution in [0, 0.1) is 11.3 Å². The summed E-state index contributed by atoms with van der Waals surface area (Å²) in [4.78, 5) is 20.5. The Bertz CT molecular complexity index is 1670. The molecule has 0 aliphatic heterocycles. The molecule has 0 saturated carbocycles. The summed E-state index contributed by atoms with van der Waals surface area (Å²) in [6.07, 6.45) is 5.26. The molecule has 0 fully saturated rings. The predicted octanol–water partition coefficient (Wildman–Crippen LogP) is 5.84. The quantitative estimate of drug-likeness (QED) is 0.302. The fourth-order valence-electron chi connectivity index (χ4n) is 3.74. The van der Waals surface area contributed by atoms with Gasteiger partial charge < -0.3 is 19.6 Å². The first-order chi connectivity index (χ1) is 16.5. The summed E-state index contributed by atoms with van der Waals surface area (Å²) in [5.74, 6) is 0.273. The first-order valence-corrected chi connectivity index (χ1v) is 11.5. The lowest BCUT2D eigenvalue weighted by atomic mass is 10.0. The van der Waals surface area contributed by atoms with E-state index >= 15 is 0 Å². The SMILES string of the molecule is COc1cc2cc3c(Nc4ccc(Sc5nccn5C)c(Cl)c4)c(C#N)c[nH]c3cc2cc1=O. The molecule has 0 aliphatic rings. The number of aromatic nitrogens is 3. The van der Waals surface area contributed by atoms with E-state index in [2.05, 4.69) is 21.4 Å². The first-order valence-electron chi connectivity index (χ1n) is 10.3. The van der Waals surface area contributed by atoms with Crippen LogP contribution in [-0.4, -0.2) is 21.6 Å². The molecule has 5 aromatic rings. The summed E-state index contributed by atoms with van der Waals surface area (Å²) in [6, 6.07) is 15.0. The van der Waals surface area contributed by atoms with Gasteiger partial charge in [0.05, 0.1) is 23.4 Å². The van der Waals surface area contributed by atoms with Crippen molar-refractivity contribution in [3.63, 3.8) is 0 Å². The molecule has 0 spiro atoms. The largest absolute Gasteiger partial charge is 0.493 e. The molecular formula is C25H18ClN5O2S. The first kappa shape index (κ1) is 21.9. The molecule has 7 nitrogen and oxygen atoms in total. The molecule has 0 saturated heterocycles. The molecule has 9 heteroatoms. The fourth-order valence-corrected chi connectivity index (χ4v) is 4.84. The number of ether oxygens (including phenoxy) is 1. The molecule has 0 aliphatic carbocycles. The van der Waals surface area contributed by atoms with Gasteiger partial charge in [0.15, 0.2) is 10.9 Å². The number of methoxy groups -OCH3 is 1. The minimum Gasteiger partial charge on any atom is -0.493 e. The van der Waals surface area contributed by atoms with Gasteiger partial charge in [0, 0.05) is 47.1 Å². The molecule has 0 radical (unpaired) electrons. The van der Waals surface area contributed by atoms with Gasteiger partial charge in [0.1, 0.15) is 6.07 Å². The molecule has 168 valence electrons. The average molecular weight is 488 g/mol. The number of pyridine rings is 1. The normalized spacial score (nSPS) is 11.0. The van der Waals surface area contributed by atoms with E-state index in [1.54, 1.807) is 24.5 Å². The molecule has 0 bridgehead atoms. The third-order valence-electron chi connectivity index (χ3n) is 5.47. The number of hydrogen-bond donors (Lipinski definition) is 2. The number of aromatic amines is 1. The maximum absolute atomic E-state index is 12.2. The number of aryl methyl sites for hydroxylation is 1. The van der Waals surface area contributed by atoms with E-state index in [0.717, 1.165) is 37.4 Å². The molecule has 0 unspecified atom stereocenters. The van der Waals surface area contributed by atoms with Crippen LogP contribution in [0.4, 0.5) is 11.4 Å². The van der Waals surface area contributed by atoms with Gasteiger partial charge in [0.25, 0.3) is 0 Å². The van der Waals surface area contributed by atoms with E-state index in [0.29, 0.717) is 16.3 Å². The van der Waals surface area contributed by atoms with E-state index in [4.69, 9.17) is 16.3 Å². The lowest BCUT2D eigenvalue weighted by Gasteiger charge is -2.14. The molecule has 2 aromatic heterocycles. The summed E-state index contributed by atoms with van der Waals surface area (Å²) >= 11 is 8.05. The van der Waals surface area contributed by atoms with Crippen molar-refractivity contribution >= 4 is 56.4 Å². The van der Waals surface area contributed by atoms with Gasteiger partial charge in [-0.25, -0.2) is 4.98 Å². The second-order valence-electron chi connectivity index (χ2n) is 7.63. The summed E-state index contributed by atoms with van der Waals surface area (Å²) in [5.41, 5.74) is 2.43. The molecule has 3 aromatic carbocycles. The Kier molecular flexibility index (Phi) is 5.65. The highest BCUT2D eigenvalue weighted by Crippen LogP contribution is 2.36. The van der Waals surface area contributed by atoms with Gasteiger partial charge in [-0.05, 0) is 53.2 Å². The van der Waals surface area contributed by atoms with Crippen LogP contribution in [0.3, 0.4) is 0 Å². The molecule has 2 N–H and O–H groups in total. The van der Waals surface area contributed by atoms with Crippen molar-refractivity contribution in [1.82, 2.24) is 14.5 Å². The lowest BCUT2D eigenvalue weighted by molar-refractivity contribution is 0.411. The monoisotopic (exact) mass is 487 g/mol. The Balaban J connectivity index is 1.58. The Hall–Kier alpha value is -3.93. The molecule has 5 rings (SSSR count). The third kappa shape index (κ3) is 3.96. The number of halogens is 1. The van der Waals surface area contributed by atoms with Crippen molar-refractivity contribution in [2.75, 3.05) is 12.4 Å². The number of nitrogens with one attached hydrogen (secondary N) is 2. The van der Waals surface area contributed by atoms with Crippen LogP contribution < -0.4 is 15.5 Å². The van der Waals surface area contributed by atoms with E-state index in [1.807, 2.05) is 48.1 Å². The van der Waals surface area contributed by atoms with Crippen molar-refractivity contribution in [1.29, 1.82) is 5.26 Å². The number of fused-ring (bicyclic) bond motifs is 2. The van der Waals surface area contributed by atoms with Gasteiger partial charge in [-0.1, -0.05) is 23.4 Å². The second-order valence-corrected chi connectivity index (χ2v) is 9.05. The van der Waals surface area contributed by atoms with E-state index in [1.165, 1.54) is 18.9 Å². The zero-order valence-corrected chi connectivity index (χ0v) is 19.8. The maximum atomic E-state index is 12.2. The van der Waals surface area contributed by atoms with Crippen molar-refractivity contribution in [2.24, 2.45) is 7.05 Å². The average Bonchev–Trinajstić information content (AvgIpc) is 3.23. The fraction of sp³-hybridized carbons (Fsp3) is 0.0800. The standard InChI is InChI=1S/C25H18ClN5O2S/c1-31-6-5-28-25(31)34-23-4-3-17(11-19(23)26)30-24-16(12-27)13-29-20-8-15-9-21(32)22(33-2)10-14(15)7-18(20)24/h3-11,13,29-30H,1-2H3. The van der Waals surface area contributed by atoms with Crippen LogP contribution in [0.5, 0.6) is 5.75 Å². The van der Waals surface area contributed by atoms with Crippen LogP contribution >= 0.6 is 23.4 Å². The van der Waals surface area contributed by atoms with Crippen molar-refractivity contribution < 1.29 is 4.74 Å². The smallest absolute Gasteiger partial charge is 0.220 e. The number of rotatable bonds is 5. The minimum atomic E-state index is -0.181. The van der Waals surface area contributed by atoms with Crippen molar-refractivity contribution in [3.05, 3.63) is 81.9 Å². The Labute approximate surface area is 204 Å². The third-order valence-corrected chi connectivity index (χ3v) is 7.05. The number of anilines is 2. The van der Waals surface area contributed by atoms with Crippen molar-refractivity contribution in [2.45, 2.75) is 10.1 Å². The van der Waals surface area contributed by atoms with E-state index in [-0.39, 0.29) is 11.2 Å². The highest BCUT2D eigenvalue weighted by Gasteiger charge is 2.13. The second kappa shape index (κ2) is 8.78. The topological polar surface area (TPSA) is 95.7 Å². The molecular weight excluding hydrogens is 470 g/mol. The summed E-state index contributed by atoms with van der Waals surface area (Å²) in [6.45, 7) is 0. The van der Waals surface area contributed by atoms with Crippen LogP contribution in [0.2, 0.25) is 5.02 Å². The predicted molar refractivity (Wildman–Crippen MR) is 135 cm³/mol. The number of nitriles is 1. The number of nitrogens with zero attached hydrogens (tertiary/aromatic N) is 3. The van der Waals surface area contributed by atoms with Gasteiger partial charge in [0.2, 0.25) is 5.43 Å². The number of H-pyrrole nitrogens is 1. The maximum Gasteiger partial charge on any atom is 0.220 e. The lowest BCUT2D eigenvalue weighted by Crippen LogP contribution is -2.03. The Morgan fingerprint density at radius 3 is 2.74 bits per heavy atom. The zero-order valence-electron chi connectivity index (χ0n) is 18.2.